The molecule has 0 saturated heterocycles. The van der Waals surface area contributed by atoms with E-state index in [2.05, 4.69) is 5.10 Å². The molecule has 5 heteroatoms. The van der Waals surface area contributed by atoms with Crippen molar-refractivity contribution in [1.29, 1.82) is 0 Å². The van der Waals surface area contributed by atoms with Crippen LogP contribution in [0.5, 0.6) is 0 Å². The molecule has 2 aromatic rings. The maximum atomic E-state index is 10.6. The summed E-state index contributed by atoms with van der Waals surface area (Å²) in [5.74, 6) is -0.457. The summed E-state index contributed by atoms with van der Waals surface area (Å²) in [7, 11) is 1.85. The molecule has 5 nitrogen and oxygen atoms in total. The first-order chi connectivity index (χ1) is 7.56. The van der Waals surface area contributed by atoms with E-state index >= 15 is 0 Å². The van der Waals surface area contributed by atoms with Crippen molar-refractivity contribution in [2.75, 3.05) is 0 Å². The zero-order chi connectivity index (χ0) is 11.7. The van der Waals surface area contributed by atoms with E-state index in [1.54, 1.807) is 10.7 Å². The van der Waals surface area contributed by atoms with Gasteiger partial charge in [-0.3, -0.25) is 4.68 Å². The molecule has 0 saturated carbocycles. The van der Waals surface area contributed by atoms with Crippen LogP contribution in [0.25, 0.3) is 0 Å². The Bertz CT molecular complexity index is 525. The van der Waals surface area contributed by atoms with Crippen LogP contribution in [0.3, 0.4) is 0 Å². The van der Waals surface area contributed by atoms with Gasteiger partial charge in [0.25, 0.3) is 0 Å². The van der Waals surface area contributed by atoms with Gasteiger partial charge in [-0.1, -0.05) is 0 Å². The Morgan fingerprint density at radius 3 is 2.81 bits per heavy atom. The number of hydrogen-bond donors (Lipinski definition) is 1. The number of aryl methyl sites for hydroxylation is 2. The van der Waals surface area contributed by atoms with Gasteiger partial charge in [0.05, 0.1) is 5.69 Å². The summed E-state index contributed by atoms with van der Waals surface area (Å²) in [5.41, 5.74) is 1.92. The Balaban J connectivity index is 2.20. The van der Waals surface area contributed by atoms with Crippen LogP contribution >= 0.6 is 0 Å². The summed E-state index contributed by atoms with van der Waals surface area (Å²) in [6.07, 6.45) is 0.546. The number of rotatable bonds is 3. The molecule has 0 amide bonds. The first-order valence-corrected chi connectivity index (χ1v) is 4.88. The van der Waals surface area contributed by atoms with E-state index in [-0.39, 0.29) is 5.76 Å². The van der Waals surface area contributed by atoms with E-state index in [1.807, 2.05) is 20.0 Å². The highest BCUT2D eigenvalue weighted by Gasteiger charge is 2.11. The molecule has 2 heterocycles. The molecule has 16 heavy (non-hydrogen) atoms. The minimum Gasteiger partial charge on any atom is -0.475 e. The molecule has 1 N–H and O–H groups in total. The van der Waals surface area contributed by atoms with E-state index in [9.17, 15) is 4.79 Å². The highest BCUT2D eigenvalue weighted by Crippen LogP contribution is 2.13. The lowest BCUT2D eigenvalue weighted by atomic mass is 10.2. The van der Waals surface area contributed by atoms with Crippen LogP contribution in [0.1, 0.15) is 27.7 Å². The molecular formula is C11H12N2O3. The fourth-order valence-corrected chi connectivity index (χ4v) is 1.60. The van der Waals surface area contributed by atoms with Crippen LogP contribution in [-0.2, 0) is 13.5 Å². The van der Waals surface area contributed by atoms with Crippen molar-refractivity contribution in [1.82, 2.24) is 9.78 Å². The molecule has 0 radical (unpaired) electrons. The number of carboxylic acid groups (broad SMARTS) is 1. The zero-order valence-electron chi connectivity index (χ0n) is 9.10. The lowest BCUT2D eigenvalue weighted by Crippen LogP contribution is -1.98. The van der Waals surface area contributed by atoms with Gasteiger partial charge >= 0.3 is 5.97 Å². The SMILES string of the molecule is Cc1cc(Cc2ccc(C(=O)O)o2)n(C)n1. The van der Waals surface area contributed by atoms with Crippen LogP contribution in [-0.4, -0.2) is 20.9 Å². The predicted molar refractivity (Wildman–Crippen MR) is 56.4 cm³/mol. The first kappa shape index (κ1) is 10.5. The molecule has 0 aromatic carbocycles. The molecule has 2 rings (SSSR count). The summed E-state index contributed by atoms with van der Waals surface area (Å²) in [6.45, 7) is 1.91. The molecule has 0 aliphatic rings. The topological polar surface area (TPSA) is 68.3 Å². The van der Waals surface area contributed by atoms with Crippen molar-refractivity contribution in [3.8, 4) is 0 Å². The maximum absolute atomic E-state index is 10.6. The number of carboxylic acids is 1. The average molecular weight is 220 g/mol. The van der Waals surface area contributed by atoms with Crippen molar-refractivity contribution < 1.29 is 14.3 Å². The van der Waals surface area contributed by atoms with E-state index in [1.165, 1.54) is 6.07 Å². The molecule has 0 bridgehead atoms. The van der Waals surface area contributed by atoms with Gasteiger partial charge < -0.3 is 9.52 Å². The number of furan rings is 1. The van der Waals surface area contributed by atoms with Gasteiger partial charge in [-0.25, -0.2) is 4.79 Å². The second kappa shape index (κ2) is 3.84. The number of aromatic carboxylic acids is 1. The average Bonchev–Trinajstić information content (AvgIpc) is 2.75. The number of nitrogens with zero attached hydrogens (tertiary/aromatic N) is 2. The Hall–Kier alpha value is -2.04. The fraction of sp³-hybridized carbons (Fsp3) is 0.273. The van der Waals surface area contributed by atoms with Crippen molar-refractivity contribution in [2.24, 2.45) is 7.05 Å². The molecular weight excluding hydrogens is 208 g/mol. The Labute approximate surface area is 92.3 Å². The van der Waals surface area contributed by atoms with Crippen LogP contribution in [0.4, 0.5) is 0 Å². The Kier molecular flexibility index (Phi) is 2.52. The molecule has 0 fully saturated rings. The highest BCUT2D eigenvalue weighted by atomic mass is 16.4. The van der Waals surface area contributed by atoms with Gasteiger partial charge in [0.1, 0.15) is 5.76 Å². The second-order valence-electron chi connectivity index (χ2n) is 3.65. The fourth-order valence-electron chi connectivity index (χ4n) is 1.60. The third kappa shape index (κ3) is 1.98. The largest absolute Gasteiger partial charge is 0.475 e. The summed E-state index contributed by atoms with van der Waals surface area (Å²) in [6, 6.07) is 5.08. The number of hydrogen-bond acceptors (Lipinski definition) is 3. The van der Waals surface area contributed by atoms with Crippen LogP contribution in [0.15, 0.2) is 22.6 Å². The van der Waals surface area contributed by atoms with E-state index in [0.29, 0.717) is 12.2 Å². The molecule has 0 aliphatic heterocycles. The minimum absolute atomic E-state index is 0.0334. The van der Waals surface area contributed by atoms with Crippen LogP contribution in [0, 0.1) is 6.92 Å². The Morgan fingerprint density at radius 1 is 1.56 bits per heavy atom. The van der Waals surface area contributed by atoms with Gasteiger partial charge in [0.15, 0.2) is 0 Å². The van der Waals surface area contributed by atoms with Gasteiger partial charge in [-0.2, -0.15) is 5.10 Å². The molecule has 0 atom stereocenters. The maximum Gasteiger partial charge on any atom is 0.371 e. The molecule has 2 aromatic heterocycles. The normalized spacial score (nSPS) is 10.6. The smallest absolute Gasteiger partial charge is 0.371 e. The van der Waals surface area contributed by atoms with Gasteiger partial charge in [0.2, 0.25) is 5.76 Å². The molecule has 0 spiro atoms. The van der Waals surface area contributed by atoms with E-state index in [0.717, 1.165) is 11.4 Å². The Morgan fingerprint density at radius 2 is 2.31 bits per heavy atom. The van der Waals surface area contributed by atoms with Gasteiger partial charge in [-0.05, 0) is 25.1 Å². The van der Waals surface area contributed by atoms with E-state index in [4.69, 9.17) is 9.52 Å². The van der Waals surface area contributed by atoms with Gasteiger partial charge in [0, 0.05) is 19.2 Å². The molecule has 84 valence electrons. The van der Waals surface area contributed by atoms with Crippen molar-refractivity contribution >= 4 is 5.97 Å². The molecule has 0 unspecified atom stereocenters. The van der Waals surface area contributed by atoms with Crippen molar-refractivity contribution in [3.05, 3.63) is 41.1 Å². The number of aromatic nitrogens is 2. The highest BCUT2D eigenvalue weighted by molar-refractivity contribution is 5.84. The minimum atomic E-state index is -1.05. The van der Waals surface area contributed by atoms with Crippen LogP contribution in [0.2, 0.25) is 0 Å². The van der Waals surface area contributed by atoms with Crippen LogP contribution < -0.4 is 0 Å². The lowest BCUT2D eigenvalue weighted by Gasteiger charge is -1.98. The van der Waals surface area contributed by atoms with Crippen molar-refractivity contribution in [3.63, 3.8) is 0 Å². The predicted octanol–water partition coefficient (Wildman–Crippen LogP) is 1.61. The number of carbonyl (C=O) groups is 1. The summed E-state index contributed by atoms with van der Waals surface area (Å²) in [4.78, 5) is 10.6. The quantitative estimate of drug-likeness (QED) is 0.853. The second-order valence-corrected chi connectivity index (χ2v) is 3.65. The monoisotopic (exact) mass is 220 g/mol. The van der Waals surface area contributed by atoms with Gasteiger partial charge in [-0.15, -0.1) is 0 Å². The summed E-state index contributed by atoms with van der Waals surface area (Å²) in [5, 5.41) is 12.9. The standard InChI is InChI=1S/C11H12N2O3/c1-7-5-8(13(2)12-7)6-9-3-4-10(16-9)11(14)15/h3-5H,6H2,1-2H3,(H,14,15). The zero-order valence-corrected chi connectivity index (χ0v) is 9.10. The third-order valence-electron chi connectivity index (χ3n) is 2.33. The summed E-state index contributed by atoms with van der Waals surface area (Å²) < 4.78 is 6.93. The first-order valence-electron chi connectivity index (χ1n) is 4.88. The molecule has 0 aliphatic carbocycles. The van der Waals surface area contributed by atoms with E-state index < -0.39 is 5.97 Å². The summed E-state index contributed by atoms with van der Waals surface area (Å²) >= 11 is 0. The van der Waals surface area contributed by atoms with Crippen molar-refractivity contribution in [2.45, 2.75) is 13.3 Å². The third-order valence-corrected chi connectivity index (χ3v) is 2.33. The lowest BCUT2D eigenvalue weighted by molar-refractivity contribution is 0.0660.